The summed E-state index contributed by atoms with van der Waals surface area (Å²) in [6, 6.07) is 17.6. The van der Waals surface area contributed by atoms with Crippen molar-refractivity contribution in [2.45, 2.75) is 37.7 Å². The fourth-order valence-electron chi connectivity index (χ4n) is 4.95. The molecule has 39 heavy (non-hydrogen) atoms. The second kappa shape index (κ2) is 10.9. The third-order valence-electron chi connectivity index (χ3n) is 6.97. The number of nitrogens with zero attached hydrogens (tertiary/aromatic N) is 2. The molecule has 1 heterocycles. The zero-order chi connectivity index (χ0) is 27.4. The highest BCUT2D eigenvalue weighted by molar-refractivity contribution is 5.99. The summed E-state index contributed by atoms with van der Waals surface area (Å²) in [4.78, 5) is 33.5. The fraction of sp³-hybridized carbons (Fsp3) is 0.200. The molecule has 1 saturated carbocycles. The Kier molecular flexibility index (Phi) is 7.23. The molecule has 0 spiro atoms. The van der Waals surface area contributed by atoms with Gasteiger partial charge >= 0.3 is 5.97 Å². The first-order valence-electron chi connectivity index (χ1n) is 12.5. The first-order valence-corrected chi connectivity index (χ1v) is 12.5. The van der Waals surface area contributed by atoms with Crippen LogP contribution >= 0.6 is 0 Å². The van der Waals surface area contributed by atoms with Crippen LogP contribution in [-0.4, -0.2) is 32.1 Å². The summed E-state index contributed by atoms with van der Waals surface area (Å²) in [7, 11) is 0. The van der Waals surface area contributed by atoms with Crippen molar-refractivity contribution in [1.29, 1.82) is 0 Å². The van der Waals surface area contributed by atoms with Gasteiger partial charge in [-0.25, -0.2) is 19.2 Å². The predicted octanol–water partition coefficient (Wildman–Crippen LogP) is 5.72. The van der Waals surface area contributed by atoms with Crippen LogP contribution in [0, 0.1) is 5.82 Å². The lowest BCUT2D eigenvalue weighted by Gasteiger charge is -2.28. The van der Waals surface area contributed by atoms with E-state index in [-0.39, 0.29) is 35.4 Å². The molecule has 198 valence electrons. The van der Waals surface area contributed by atoms with Gasteiger partial charge in [0.05, 0.1) is 5.41 Å². The molecule has 0 aliphatic heterocycles. The number of halogens is 1. The molecular formula is C30H26FN3O5. The number of aromatic carboxylic acids is 1. The summed E-state index contributed by atoms with van der Waals surface area (Å²) < 4.78 is 20.3. The summed E-state index contributed by atoms with van der Waals surface area (Å²) in [5, 5.41) is 21.8. The number of ether oxygens (including phenoxy) is 1. The van der Waals surface area contributed by atoms with Gasteiger partial charge in [0.15, 0.2) is 5.82 Å². The lowest BCUT2D eigenvalue weighted by molar-refractivity contribution is -0.121. The maximum absolute atomic E-state index is 14.7. The Balaban J connectivity index is 1.28. The Morgan fingerprint density at radius 2 is 1.72 bits per heavy atom. The highest BCUT2D eigenvalue weighted by Gasteiger charge is 2.44. The number of nitrogens with one attached hydrogen (secondary N) is 1. The zero-order valence-corrected chi connectivity index (χ0v) is 20.9. The molecule has 5 rings (SSSR count). The van der Waals surface area contributed by atoms with E-state index in [4.69, 9.17) is 9.84 Å². The minimum absolute atomic E-state index is 0.0956. The van der Waals surface area contributed by atoms with E-state index in [2.05, 4.69) is 15.3 Å². The maximum Gasteiger partial charge on any atom is 0.339 e. The number of carboxylic acids is 1. The van der Waals surface area contributed by atoms with Gasteiger partial charge in [0.2, 0.25) is 5.91 Å². The zero-order valence-electron chi connectivity index (χ0n) is 20.9. The number of rotatable bonds is 8. The molecule has 1 aliphatic rings. The van der Waals surface area contributed by atoms with Crippen molar-refractivity contribution >= 4 is 17.6 Å². The molecule has 8 nitrogen and oxygen atoms in total. The number of amides is 1. The molecule has 3 aromatic carbocycles. The number of carbonyl (C=O) groups is 2. The van der Waals surface area contributed by atoms with Gasteiger partial charge in [-0.2, -0.15) is 0 Å². The molecule has 0 atom stereocenters. The molecule has 0 unspecified atom stereocenters. The summed E-state index contributed by atoms with van der Waals surface area (Å²) in [6.07, 6.45) is 6.09. The van der Waals surface area contributed by atoms with Gasteiger partial charge in [0.25, 0.3) is 0 Å². The van der Waals surface area contributed by atoms with Crippen LogP contribution in [0.2, 0.25) is 0 Å². The first-order chi connectivity index (χ1) is 18.9. The van der Waals surface area contributed by atoms with Crippen LogP contribution in [0.4, 0.5) is 10.1 Å². The van der Waals surface area contributed by atoms with Gasteiger partial charge in [-0.15, -0.1) is 0 Å². The van der Waals surface area contributed by atoms with Crippen LogP contribution in [-0.2, 0) is 16.8 Å². The molecular weight excluding hydrogens is 501 g/mol. The second-order valence-electron chi connectivity index (χ2n) is 9.49. The van der Waals surface area contributed by atoms with Crippen LogP contribution in [0.15, 0.2) is 79.1 Å². The van der Waals surface area contributed by atoms with Crippen molar-refractivity contribution in [3.8, 4) is 22.9 Å². The number of carbonyl (C=O) groups excluding carboxylic acids is 1. The number of hydrogen-bond acceptors (Lipinski definition) is 6. The number of hydrogen-bond donors (Lipinski definition) is 3. The van der Waals surface area contributed by atoms with Gasteiger partial charge in [0.1, 0.15) is 29.5 Å². The van der Waals surface area contributed by atoms with E-state index in [0.29, 0.717) is 41.0 Å². The second-order valence-corrected chi connectivity index (χ2v) is 9.49. The highest BCUT2D eigenvalue weighted by Crippen LogP contribution is 2.43. The van der Waals surface area contributed by atoms with E-state index in [9.17, 15) is 19.1 Å². The van der Waals surface area contributed by atoms with Crippen LogP contribution in [0.1, 0.15) is 47.2 Å². The molecule has 9 heteroatoms. The van der Waals surface area contributed by atoms with Gasteiger partial charge in [-0.3, -0.25) is 4.79 Å². The average molecular weight is 528 g/mol. The third-order valence-corrected chi connectivity index (χ3v) is 6.97. The van der Waals surface area contributed by atoms with Crippen LogP contribution in [0.5, 0.6) is 11.5 Å². The normalized spacial score (nSPS) is 14.1. The minimum Gasteiger partial charge on any atom is -0.507 e. The van der Waals surface area contributed by atoms with Crippen molar-refractivity contribution < 1.29 is 28.9 Å². The Bertz CT molecular complexity index is 1520. The van der Waals surface area contributed by atoms with E-state index in [1.807, 2.05) is 6.07 Å². The van der Waals surface area contributed by atoms with E-state index < -0.39 is 11.4 Å². The standard InChI is InChI=1S/C30H26FN3O5/c31-25-9-2-1-8-24(25)30(12-3-4-13-30)29(38)34-21-7-5-6-20(14-21)27-32-16-19(17-33-27)18-39-22-10-11-26(35)23(15-22)28(36)37/h1-2,5-11,14-17,35H,3-4,12-13,18H2,(H,34,38)(H,36,37). The third kappa shape index (κ3) is 5.43. The molecule has 4 aromatic rings. The summed E-state index contributed by atoms with van der Waals surface area (Å²) in [6.45, 7) is 0.0956. The summed E-state index contributed by atoms with van der Waals surface area (Å²) in [5.74, 6) is -1.46. The number of carboxylic acid groups (broad SMARTS) is 1. The van der Waals surface area contributed by atoms with E-state index >= 15 is 0 Å². The fourth-order valence-corrected chi connectivity index (χ4v) is 4.95. The molecule has 3 N–H and O–H groups in total. The predicted molar refractivity (Wildman–Crippen MR) is 142 cm³/mol. The van der Waals surface area contributed by atoms with Crippen molar-refractivity contribution in [1.82, 2.24) is 9.97 Å². The SMILES string of the molecule is O=C(O)c1cc(OCc2cnc(-c3cccc(NC(=O)C4(c5ccccc5F)CCCC4)c3)nc2)ccc1O. The number of benzene rings is 3. The Labute approximate surface area is 224 Å². The molecule has 0 saturated heterocycles. The quantitative estimate of drug-likeness (QED) is 0.268. The summed E-state index contributed by atoms with van der Waals surface area (Å²) >= 11 is 0. The smallest absolute Gasteiger partial charge is 0.339 e. The molecule has 1 amide bonds. The number of aromatic nitrogens is 2. The number of aromatic hydroxyl groups is 1. The van der Waals surface area contributed by atoms with Crippen LogP contribution in [0.25, 0.3) is 11.4 Å². The molecule has 0 bridgehead atoms. The topological polar surface area (TPSA) is 122 Å². The first kappa shape index (κ1) is 25.8. The average Bonchev–Trinajstić information content (AvgIpc) is 3.44. The van der Waals surface area contributed by atoms with Gasteiger partial charge in [-0.1, -0.05) is 43.2 Å². The molecule has 1 fully saturated rings. The van der Waals surface area contributed by atoms with E-state index in [0.717, 1.165) is 12.8 Å². The lowest BCUT2D eigenvalue weighted by atomic mass is 9.77. The van der Waals surface area contributed by atoms with Gasteiger partial charge in [-0.05, 0) is 49.2 Å². The largest absolute Gasteiger partial charge is 0.507 e. The lowest BCUT2D eigenvalue weighted by Crippen LogP contribution is -2.38. The Morgan fingerprint density at radius 1 is 0.974 bits per heavy atom. The minimum atomic E-state index is -1.25. The molecule has 0 radical (unpaired) electrons. The highest BCUT2D eigenvalue weighted by atomic mass is 19.1. The van der Waals surface area contributed by atoms with Crippen molar-refractivity contribution in [2.75, 3.05) is 5.32 Å². The number of anilines is 1. The molecule has 1 aliphatic carbocycles. The van der Waals surface area contributed by atoms with Crippen LogP contribution in [0.3, 0.4) is 0 Å². The van der Waals surface area contributed by atoms with Gasteiger partial charge in [0, 0.05) is 34.8 Å². The Hall–Kier alpha value is -4.79. The van der Waals surface area contributed by atoms with Crippen molar-refractivity contribution in [3.63, 3.8) is 0 Å². The van der Waals surface area contributed by atoms with E-state index in [1.54, 1.807) is 48.8 Å². The molecule has 1 aromatic heterocycles. The monoisotopic (exact) mass is 527 g/mol. The van der Waals surface area contributed by atoms with Gasteiger partial charge < -0.3 is 20.3 Å². The Morgan fingerprint density at radius 3 is 2.44 bits per heavy atom. The van der Waals surface area contributed by atoms with E-state index in [1.165, 1.54) is 24.3 Å². The van der Waals surface area contributed by atoms with Crippen LogP contribution < -0.4 is 10.1 Å². The van der Waals surface area contributed by atoms with Crippen molar-refractivity contribution in [2.24, 2.45) is 0 Å². The number of phenols is 1. The summed E-state index contributed by atoms with van der Waals surface area (Å²) in [5.41, 5.74) is 1.19. The van der Waals surface area contributed by atoms with Crippen molar-refractivity contribution in [3.05, 3.63) is 102 Å². The maximum atomic E-state index is 14.7.